The predicted molar refractivity (Wildman–Crippen MR) is 85.1 cm³/mol. The Morgan fingerprint density at radius 2 is 2.05 bits per heavy atom. The van der Waals surface area contributed by atoms with Crippen molar-refractivity contribution in [1.29, 1.82) is 0 Å². The van der Waals surface area contributed by atoms with E-state index in [1.54, 1.807) is 0 Å². The third kappa shape index (κ3) is 2.60. The average Bonchev–Trinajstić information content (AvgIpc) is 3.20. The molecule has 2 aromatic rings. The van der Waals surface area contributed by atoms with Crippen LogP contribution in [0.1, 0.15) is 73.8 Å². The molecule has 0 amide bonds. The van der Waals surface area contributed by atoms with Gasteiger partial charge in [-0.1, -0.05) is 6.92 Å². The molecule has 1 fully saturated rings. The van der Waals surface area contributed by atoms with E-state index in [1.165, 1.54) is 0 Å². The Morgan fingerprint density at radius 1 is 1.36 bits per heavy atom. The van der Waals surface area contributed by atoms with Crippen LogP contribution in [0, 0.1) is 6.92 Å². The zero-order chi connectivity index (χ0) is 16.1. The number of rotatable bonds is 3. The highest BCUT2D eigenvalue weighted by Crippen LogP contribution is 2.43. The number of hydrogen-bond donors (Lipinski definition) is 1. The third-order valence-electron chi connectivity index (χ3n) is 3.94. The second kappa shape index (κ2) is 5.07. The number of aromatic nitrogens is 3. The molecule has 0 aliphatic heterocycles. The number of nitrogens with zero attached hydrogens (tertiary/aromatic N) is 2. The van der Waals surface area contributed by atoms with Crippen molar-refractivity contribution in [2.24, 2.45) is 0 Å². The minimum absolute atomic E-state index is 0.275. The second-order valence-electron chi connectivity index (χ2n) is 7.03. The number of carbonyl (C=O) groups excluding carboxylic acids is 1. The lowest BCUT2D eigenvalue weighted by Gasteiger charge is -2.21. The van der Waals surface area contributed by atoms with E-state index in [0.717, 1.165) is 41.6 Å². The first kappa shape index (κ1) is 15.0. The number of aryl methyl sites for hydroxylation is 1. The van der Waals surface area contributed by atoms with Gasteiger partial charge in [0.15, 0.2) is 5.65 Å². The van der Waals surface area contributed by atoms with Crippen molar-refractivity contribution in [3.63, 3.8) is 0 Å². The highest BCUT2D eigenvalue weighted by molar-refractivity contribution is 6.05. The molecule has 22 heavy (non-hydrogen) atoms. The van der Waals surface area contributed by atoms with Crippen LogP contribution >= 0.6 is 0 Å². The highest BCUT2D eigenvalue weighted by Gasteiger charge is 2.33. The van der Waals surface area contributed by atoms with Gasteiger partial charge in [0.05, 0.1) is 16.6 Å². The quantitative estimate of drug-likeness (QED) is 0.878. The van der Waals surface area contributed by atoms with Crippen molar-refractivity contribution in [2.45, 2.75) is 65.4 Å². The first-order valence-electron chi connectivity index (χ1n) is 7.92. The van der Waals surface area contributed by atoms with Crippen molar-refractivity contribution >= 4 is 17.0 Å². The Bertz CT molecular complexity index is 736. The maximum atomic E-state index is 12.8. The molecule has 0 atom stereocenters. The van der Waals surface area contributed by atoms with Crippen LogP contribution in [0.15, 0.2) is 0 Å². The van der Waals surface area contributed by atoms with Gasteiger partial charge >= 0.3 is 5.97 Å². The van der Waals surface area contributed by atoms with E-state index in [9.17, 15) is 4.79 Å². The van der Waals surface area contributed by atoms with Crippen molar-refractivity contribution in [3.05, 3.63) is 22.5 Å². The number of pyridine rings is 1. The molecule has 2 heterocycles. The van der Waals surface area contributed by atoms with E-state index in [-0.39, 0.29) is 5.97 Å². The molecule has 1 aliphatic carbocycles. The number of hydrogen-bond acceptors (Lipinski definition) is 4. The number of nitrogens with one attached hydrogen (secondary N) is 1. The summed E-state index contributed by atoms with van der Waals surface area (Å²) in [7, 11) is 0. The van der Waals surface area contributed by atoms with Gasteiger partial charge in [0, 0.05) is 11.6 Å². The van der Waals surface area contributed by atoms with Gasteiger partial charge < -0.3 is 4.74 Å². The lowest BCUT2D eigenvalue weighted by atomic mass is 9.97. The normalized spacial score (nSPS) is 15.3. The van der Waals surface area contributed by atoms with Crippen LogP contribution in [0.3, 0.4) is 0 Å². The molecule has 1 aliphatic rings. The van der Waals surface area contributed by atoms with Crippen LogP contribution in [0.5, 0.6) is 0 Å². The van der Waals surface area contributed by atoms with Crippen LogP contribution < -0.4 is 0 Å². The van der Waals surface area contributed by atoms with Gasteiger partial charge in [-0.05, 0) is 52.5 Å². The molecule has 2 aromatic heterocycles. The minimum atomic E-state index is -0.519. The summed E-state index contributed by atoms with van der Waals surface area (Å²) in [6.07, 6.45) is 3.05. The van der Waals surface area contributed by atoms with E-state index in [0.29, 0.717) is 17.1 Å². The van der Waals surface area contributed by atoms with E-state index < -0.39 is 5.60 Å². The van der Waals surface area contributed by atoms with E-state index in [2.05, 4.69) is 17.1 Å². The lowest BCUT2D eigenvalue weighted by Crippen LogP contribution is -2.25. The Hall–Kier alpha value is -1.91. The van der Waals surface area contributed by atoms with E-state index in [1.807, 2.05) is 27.7 Å². The summed E-state index contributed by atoms with van der Waals surface area (Å²) in [6, 6.07) is 0. The number of aromatic amines is 1. The zero-order valence-electron chi connectivity index (χ0n) is 13.9. The molecular weight excluding hydrogens is 278 g/mol. The molecule has 1 N–H and O–H groups in total. The topological polar surface area (TPSA) is 67.9 Å². The number of carbonyl (C=O) groups is 1. The highest BCUT2D eigenvalue weighted by atomic mass is 16.6. The summed E-state index contributed by atoms with van der Waals surface area (Å²) < 4.78 is 5.65. The zero-order valence-corrected chi connectivity index (χ0v) is 13.9. The first-order valence-corrected chi connectivity index (χ1v) is 7.92. The number of esters is 1. The molecule has 1 saturated carbocycles. The average molecular weight is 301 g/mol. The van der Waals surface area contributed by atoms with Gasteiger partial charge in [0.2, 0.25) is 0 Å². The van der Waals surface area contributed by atoms with Gasteiger partial charge in [0.1, 0.15) is 5.60 Å². The van der Waals surface area contributed by atoms with E-state index >= 15 is 0 Å². The molecule has 5 heteroatoms. The van der Waals surface area contributed by atoms with Gasteiger partial charge in [-0.25, -0.2) is 9.78 Å². The molecule has 0 spiro atoms. The molecule has 5 nitrogen and oxygen atoms in total. The minimum Gasteiger partial charge on any atom is -0.456 e. The monoisotopic (exact) mass is 301 g/mol. The predicted octanol–water partition coefficient (Wildman–Crippen LogP) is 3.66. The SMILES string of the molecule is CCc1c(C2CC2)nc2n[nH]c(C)c2c1C(=O)OC(C)(C)C. The Morgan fingerprint density at radius 3 is 2.59 bits per heavy atom. The van der Waals surface area contributed by atoms with Crippen LogP contribution in [0.25, 0.3) is 11.0 Å². The first-order chi connectivity index (χ1) is 10.3. The smallest absolute Gasteiger partial charge is 0.339 e. The summed E-state index contributed by atoms with van der Waals surface area (Å²) >= 11 is 0. The summed E-state index contributed by atoms with van der Waals surface area (Å²) in [5, 5.41) is 8.01. The summed E-state index contributed by atoms with van der Waals surface area (Å²) in [5.41, 5.74) is 3.67. The lowest BCUT2D eigenvalue weighted by molar-refractivity contribution is 0.00704. The maximum absolute atomic E-state index is 12.8. The van der Waals surface area contributed by atoms with Crippen LogP contribution in [0.4, 0.5) is 0 Å². The summed E-state index contributed by atoms with van der Waals surface area (Å²) in [4.78, 5) is 17.5. The fourth-order valence-electron chi connectivity index (χ4n) is 2.86. The molecule has 0 saturated heterocycles. The molecule has 3 rings (SSSR count). The Labute approximate surface area is 130 Å². The molecular formula is C17H23N3O2. The van der Waals surface area contributed by atoms with Crippen molar-refractivity contribution in [1.82, 2.24) is 15.2 Å². The molecule has 0 bridgehead atoms. The van der Waals surface area contributed by atoms with Gasteiger partial charge in [0.25, 0.3) is 0 Å². The van der Waals surface area contributed by atoms with Crippen LogP contribution in [-0.2, 0) is 11.2 Å². The standard InChI is InChI=1S/C17H23N3O2/c1-6-11-13(16(21)22-17(3,4)5)12-9(2)19-20-15(12)18-14(11)10-7-8-10/h10H,6-8H2,1-5H3,(H,18,19,20). The Kier molecular flexibility index (Phi) is 3.46. The largest absolute Gasteiger partial charge is 0.456 e. The number of fused-ring (bicyclic) bond motifs is 1. The Balaban J connectivity index is 2.24. The van der Waals surface area contributed by atoms with Crippen LogP contribution in [-0.4, -0.2) is 26.8 Å². The number of ether oxygens (including phenoxy) is 1. The third-order valence-corrected chi connectivity index (χ3v) is 3.94. The maximum Gasteiger partial charge on any atom is 0.339 e. The van der Waals surface area contributed by atoms with Crippen molar-refractivity contribution in [2.75, 3.05) is 0 Å². The van der Waals surface area contributed by atoms with E-state index in [4.69, 9.17) is 9.72 Å². The second-order valence-corrected chi connectivity index (χ2v) is 7.03. The molecule has 0 radical (unpaired) electrons. The van der Waals surface area contributed by atoms with Gasteiger partial charge in [-0.15, -0.1) is 0 Å². The molecule has 0 aromatic carbocycles. The number of H-pyrrole nitrogens is 1. The van der Waals surface area contributed by atoms with Gasteiger partial charge in [-0.3, -0.25) is 5.10 Å². The van der Waals surface area contributed by atoms with Crippen molar-refractivity contribution in [3.8, 4) is 0 Å². The van der Waals surface area contributed by atoms with Crippen molar-refractivity contribution < 1.29 is 9.53 Å². The molecule has 0 unspecified atom stereocenters. The fraction of sp³-hybridized carbons (Fsp3) is 0.588. The van der Waals surface area contributed by atoms with Crippen LogP contribution in [0.2, 0.25) is 0 Å². The summed E-state index contributed by atoms with van der Waals surface area (Å²) in [6.45, 7) is 9.65. The summed E-state index contributed by atoms with van der Waals surface area (Å²) in [5.74, 6) is 0.195. The van der Waals surface area contributed by atoms with Gasteiger partial charge in [-0.2, -0.15) is 5.10 Å². The molecule has 118 valence electrons. The fourth-order valence-corrected chi connectivity index (χ4v) is 2.86.